The highest BCUT2D eigenvalue weighted by molar-refractivity contribution is 7.17. The van der Waals surface area contributed by atoms with Crippen molar-refractivity contribution in [3.05, 3.63) is 23.0 Å². The van der Waals surface area contributed by atoms with Gasteiger partial charge >= 0.3 is 0 Å². The van der Waals surface area contributed by atoms with E-state index < -0.39 is 0 Å². The van der Waals surface area contributed by atoms with Crippen LogP contribution >= 0.6 is 11.3 Å². The minimum atomic E-state index is 1.09. The fourth-order valence-corrected chi connectivity index (χ4v) is 1.93. The lowest BCUT2D eigenvalue weighted by atomic mass is 10.4. The van der Waals surface area contributed by atoms with Gasteiger partial charge in [0, 0.05) is 23.0 Å². The monoisotopic (exact) mass is 152 g/mol. The van der Waals surface area contributed by atoms with E-state index in [9.17, 15) is 0 Å². The third-order valence-electron chi connectivity index (χ3n) is 1.72. The summed E-state index contributed by atoms with van der Waals surface area (Å²) in [6, 6.07) is 0. The summed E-state index contributed by atoms with van der Waals surface area (Å²) in [4.78, 5) is 6.62. The van der Waals surface area contributed by atoms with Gasteiger partial charge in [0.15, 0.2) is 4.96 Å². The van der Waals surface area contributed by atoms with E-state index in [0.717, 1.165) is 4.96 Å². The zero-order chi connectivity index (χ0) is 7.14. The van der Waals surface area contributed by atoms with Gasteiger partial charge in [-0.15, -0.1) is 11.3 Å². The number of hydrogen-bond acceptors (Lipinski definition) is 2. The van der Waals surface area contributed by atoms with Gasteiger partial charge in [0.25, 0.3) is 0 Å². The van der Waals surface area contributed by atoms with Gasteiger partial charge in [0.05, 0.1) is 0 Å². The largest absolute Gasteiger partial charge is 0.295 e. The zero-order valence-corrected chi connectivity index (χ0v) is 6.77. The van der Waals surface area contributed by atoms with E-state index in [2.05, 4.69) is 23.2 Å². The average molecular weight is 152 g/mol. The topological polar surface area (TPSA) is 17.3 Å². The summed E-state index contributed by atoms with van der Waals surface area (Å²) in [7, 11) is 0. The second-order valence-electron chi connectivity index (χ2n) is 2.32. The lowest BCUT2D eigenvalue weighted by molar-refractivity contribution is 1.11. The standard InChI is InChI=1S/C7H8N2S/c1-5-6(2)10-7-8-3-4-9(5)7/h3-4H,1-2H3. The third-order valence-corrected chi connectivity index (χ3v) is 2.81. The van der Waals surface area contributed by atoms with E-state index in [1.807, 2.05) is 12.4 Å². The molecule has 0 aliphatic carbocycles. The van der Waals surface area contributed by atoms with E-state index in [1.165, 1.54) is 10.6 Å². The quantitative estimate of drug-likeness (QED) is 0.564. The highest BCUT2D eigenvalue weighted by Gasteiger charge is 2.02. The van der Waals surface area contributed by atoms with Gasteiger partial charge in [-0.3, -0.25) is 4.40 Å². The maximum atomic E-state index is 4.18. The van der Waals surface area contributed by atoms with Crippen LogP contribution in [0.2, 0.25) is 0 Å². The van der Waals surface area contributed by atoms with Crippen molar-refractivity contribution in [3.8, 4) is 0 Å². The second kappa shape index (κ2) is 1.83. The SMILES string of the molecule is Cc1sc2nccn2c1C. The van der Waals surface area contributed by atoms with Crippen LogP contribution in [0.1, 0.15) is 10.6 Å². The number of fused-ring (bicyclic) bond motifs is 1. The fraction of sp³-hybridized carbons (Fsp3) is 0.286. The zero-order valence-electron chi connectivity index (χ0n) is 5.96. The molecule has 0 unspecified atom stereocenters. The summed E-state index contributed by atoms with van der Waals surface area (Å²) in [6.07, 6.45) is 3.83. The average Bonchev–Trinajstić information content (AvgIpc) is 2.41. The van der Waals surface area contributed by atoms with Gasteiger partial charge in [-0.25, -0.2) is 4.98 Å². The van der Waals surface area contributed by atoms with Crippen molar-refractivity contribution < 1.29 is 0 Å². The Morgan fingerprint density at radius 3 is 3.00 bits per heavy atom. The molecule has 0 aliphatic rings. The van der Waals surface area contributed by atoms with Crippen LogP contribution in [-0.2, 0) is 0 Å². The van der Waals surface area contributed by atoms with Crippen molar-refractivity contribution in [1.29, 1.82) is 0 Å². The first-order valence-corrected chi connectivity index (χ1v) is 4.00. The number of aromatic nitrogens is 2. The summed E-state index contributed by atoms with van der Waals surface area (Å²) in [5.74, 6) is 0. The molecular weight excluding hydrogens is 144 g/mol. The van der Waals surface area contributed by atoms with Crippen molar-refractivity contribution in [2.45, 2.75) is 13.8 Å². The van der Waals surface area contributed by atoms with Gasteiger partial charge < -0.3 is 0 Å². The predicted molar refractivity (Wildman–Crippen MR) is 42.5 cm³/mol. The normalized spacial score (nSPS) is 11.0. The molecular formula is C7H8N2S. The first kappa shape index (κ1) is 5.92. The second-order valence-corrected chi connectivity index (χ2v) is 3.51. The van der Waals surface area contributed by atoms with Crippen LogP contribution in [0.4, 0.5) is 0 Å². The molecule has 0 saturated carbocycles. The molecule has 2 heterocycles. The maximum Gasteiger partial charge on any atom is 0.194 e. The molecule has 3 heteroatoms. The summed E-state index contributed by atoms with van der Waals surface area (Å²) in [5, 5.41) is 0. The van der Waals surface area contributed by atoms with E-state index >= 15 is 0 Å². The van der Waals surface area contributed by atoms with Crippen LogP contribution in [0.15, 0.2) is 12.4 Å². The fourth-order valence-electron chi connectivity index (χ4n) is 1.00. The van der Waals surface area contributed by atoms with Gasteiger partial charge in [-0.1, -0.05) is 0 Å². The molecule has 2 nitrogen and oxygen atoms in total. The van der Waals surface area contributed by atoms with Crippen LogP contribution < -0.4 is 0 Å². The van der Waals surface area contributed by atoms with E-state index in [1.54, 1.807) is 11.3 Å². The molecule has 0 aromatic carbocycles. The number of thiazole rings is 1. The first-order valence-electron chi connectivity index (χ1n) is 3.18. The first-order chi connectivity index (χ1) is 4.79. The van der Waals surface area contributed by atoms with Crippen LogP contribution in [0.25, 0.3) is 4.96 Å². The molecule has 2 rings (SSSR count). The van der Waals surface area contributed by atoms with Crippen LogP contribution in [0.3, 0.4) is 0 Å². The number of imidazole rings is 1. The molecule has 0 atom stereocenters. The summed E-state index contributed by atoms with van der Waals surface area (Å²) in [5.41, 5.74) is 1.30. The van der Waals surface area contributed by atoms with Gasteiger partial charge in [-0.05, 0) is 13.8 Å². The summed E-state index contributed by atoms with van der Waals surface area (Å²) < 4.78 is 2.11. The predicted octanol–water partition coefficient (Wildman–Crippen LogP) is 2.01. The van der Waals surface area contributed by atoms with Crippen molar-refractivity contribution in [1.82, 2.24) is 9.38 Å². The molecule has 10 heavy (non-hydrogen) atoms. The molecule has 0 bridgehead atoms. The van der Waals surface area contributed by atoms with Crippen LogP contribution in [0, 0.1) is 13.8 Å². The lowest BCUT2D eigenvalue weighted by Crippen LogP contribution is -1.80. The Balaban J connectivity index is 2.95. The molecule has 2 aromatic rings. The van der Waals surface area contributed by atoms with E-state index in [0.29, 0.717) is 0 Å². The third kappa shape index (κ3) is 0.609. The van der Waals surface area contributed by atoms with Gasteiger partial charge in [-0.2, -0.15) is 0 Å². The maximum absolute atomic E-state index is 4.18. The summed E-state index contributed by atoms with van der Waals surface area (Å²) in [6.45, 7) is 4.23. The molecule has 0 fully saturated rings. The van der Waals surface area contributed by atoms with Crippen LogP contribution in [0.5, 0.6) is 0 Å². The van der Waals surface area contributed by atoms with Crippen LogP contribution in [-0.4, -0.2) is 9.38 Å². The molecule has 0 spiro atoms. The van der Waals surface area contributed by atoms with Gasteiger partial charge in [0.2, 0.25) is 0 Å². The lowest BCUT2D eigenvalue weighted by Gasteiger charge is -1.86. The molecule has 2 aromatic heterocycles. The molecule has 0 N–H and O–H groups in total. The Morgan fingerprint density at radius 1 is 1.50 bits per heavy atom. The number of nitrogens with zero attached hydrogens (tertiary/aromatic N) is 2. The Kier molecular flexibility index (Phi) is 1.08. The Bertz CT molecular complexity index is 358. The van der Waals surface area contributed by atoms with Crippen molar-refractivity contribution >= 4 is 16.3 Å². The Morgan fingerprint density at radius 2 is 2.30 bits per heavy atom. The Labute approximate surface area is 63.1 Å². The molecule has 0 aliphatic heterocycles. The summed E-state index contributed by atoms with van der Waals surface area (Å²) >= 11 is 1.74. The number of aryl methyl sites for hydroxylation is 2. The minimum absolute atomic E-state index is 1.09. The minimum Gasteiger partial charge on any atom is -0.295 e. The Hall–Kier alpha value is -0.830. The molecule has 0 amide bonds. The smallest absolute Gasteiger partial charge is 0.194 e. The molecule has 0 saturated heterocycles. The molecule has 52 valence electrons. The van der Waals surface area contributed by atoms with Gasteiger partial charge in [0.1, 0.15) is 0 Å². The van der Waals surface area contributed by atoms with E-state index in [-0.39, 0.29) is 0 Å². The number of hydrogen-bond donors (Lipinski definition) is 0. The highest BCUT2D eigenvalue weighted by atomic mass is 32.1. The highest BCUT2D eigenvalue weighted by Crippen LogP contribution is 2.19. The van der Waals surface area contributed by atoms with E-state index in [4.69, 9.17) is 0 Å². The van der Waals surface area contributed by atoms with Crippen molar-refractivity contribution in [2.24, 2.45) is 0 Å². The number of rotatable bonds is 0. The molecule has 0 radical (unpaired) electrons. The van der Waals surface area contributed by atoms with Crippen molar-refractivity contribution in [2.75, 3.05) is 0 Å². The van der Waals surface area contributed by atoms with Crippen molar-refractivity contribution in [3.63, 3.8) is 0 Å².